The molecule has 0 radical (unpaired) electrons. The van der Waals surface area contributed by atoms with Crippen LogP contribution in [0.3, 0.4) is 0 Å². The van der Waals surface area contributed by atoms with Gasteiger partial charge in [-0.15, -0.1) is 11.3 Å². The van der Waals surface area contributed by atoms with E-state index in [1.54, 1.807) is 26.3 Å². The van der Waals surface area contributed by atoms with Gasteiger partial charge in [-0.3, -0.25) is 10.3 Å². The van der Waals surface area contributed by atoms with Crippen LogP contribution in [0.15, 0.2) is 48.9 Å². The molecule has 0 saturated carbocycles. The fraction of sp³-hybridized carbons (Fsp3) is 0.250. The van der Waals surface area contributed by atoms with E-state index in [1.807, 2.05) is 24.3 Å². The van der Waals surface area contributed by atoms with Crippen molar-refractivity contribution in [3.63, 3.8) is 0 Å². The third-order valence-electron chi connectivity index (χ3n) is 6.10. The van der Waals surface area contributed by atoms with Crippen molar-refractivity contribution in [1.29, 1.82) is 0 Å². The maximum absolute atomic E-state index is 12.3. The summed E-state index contributed by atoms with van der Waals surface area (Å²) in [6.07, 6.45) is 2.53. The van der Waals surface area contributed by atoms with Crippen molar-refractivity contribution in [2.75, 3.05) is 32.2 Å². The van der Waals surface area contributed by atoms with E-state index in [2.05, 4.69) is 20.3 Å². The number of carbonyl (C=O) groups is 1. The van der Waals surface area contributed by atoms with E-state index in [4.69, 9.17) is 40.3 Å². The predicted octanol–water partition coefficient (Wildman–Crippen LogP) is 5.11. The van der Waals surface area contributed by atoms with Crippen molar-refractivity contribution in [3.05, 3.63) is 53.9 Å². The average molecular weight is 610 g/mol. The molecule has 216 valence electrons. The summed E-state index contributed by atoms with van der Waals surface area (Å²) in [6, 6.07) is 9.28. The summed E-state index contributed by atoms with van der Waals surface area (Å²) in [7, 11) is 1.59. The first-order valence-corrected chi connectivity index (χ1v) is 14.0. The molecule has 42 heavy (non-hydrogen) atoms. The number of aliphatic hydroxyl groups excluding tert-OH is 1. The standard InChI is InChI=1S/C28H24ClN5O7S/c1-14(35)11-39-27-31-8-17(9-32-27)33-28(36)40-13-19-12-38-24-22(41-19)4-3-21-25(24)42-26(34-21)20-7-16(29)5-15-6-18(37-2)10-30-23(15)20/h3-10,14,19,35H,11-13H2,1-2H3,(H,33,36)/t14-,19-/m1/s1. The highest BCUT2D eigenvalue weighted by Crippen LogP contribution is 2.45. The molecule has 0 aliphatic carbocycles. The van der Waals surface area contributed by atoms with E-state index in [1.165, 1.54) is 23.7 Å². The zero-order valence-corrected chi connectivity index (χ0v) is 23.9. The average Bonchev–Trinajstić information content (AvgIpc) is 3.43. The molecule has 0 bridgehead atoms. The van der Waals surface area contributed by atoms with Crippen molar-refractivity contribution in [3.8, 4) is 33.8 Å². The Morgan fingerprint density at radius 1 is 1.21 bits per heavy atom. The largest absolute Gasteiger partial charge is 0.495 e. The highest BCUT2D eigenvalue weighted by Gasteiger charge is 2.26. The molecule has 2 atom stereocenters. The van der Waals surface area contributed by atoms with Gasteiger partial charge in [0.1, 0.15) is 35.3 Å². The van der Waals surface area contributed by atoms with Crippen LogP contribution in [0.25, 0.3) is 31.7 Å². The second kappa shape index (κ2) is 11.8. The monoisotopic (exact) mass is 609 g/mol. The number of halogens is 1. The van der Waals surface area contributed by atoms with Crippen LogP contribution in [0, 0.1) is 0 Å². The molecule has 1 aliphatic rings. The zero-order valence-electron chi connectivity index (χ0n) is 22.4. The first-order chi connectivity index (χ1) is 20.4. The van der Waals surface area contributed by atoms with Crippen molar-refractivity contribution in [1.82, 2.24) is 19.9 Å². The van der Waals surface area contributed by atoms with Crippen LogP contribution in [0.4, 0.5) is 10.5 Å². The lowest BCUT2D eigenvalue weighted by Crippen LogP contribution is -2.35. The van der Waals surface area contributed by atoms with Crippen LogP contribution in [0.5, 0.6) is 23.3 Å². The molecule has 0 fully saturated rings. The summed E-state index contributed by atoms with van der Waals surface area (Å²) in [5.74, 6) is 1.74. The van der Waals surface area contributed by atoms with Crippen molar-refractivity contribution >= 4 is 55.8 Å². The number of carbonyl (C=O) groups excluding carboxylic acids is 1. The number of fused-ring (bicyclic) bond motifs is 4. The molecule has 4 heterocycles. The highest BCUT2D eigenvalue weighted by molar-refractivity contribution is 7.22. The van der Waals surface area contributed by atoms with Crippen LogP contribution in [-0.4, -0.2) is 70.3 Å². The van der Waals surface area contributed by atoms with Gasteiger partial charge < -0.3 is 28.8 Å². The lowest BCUT2D eigenvalue weighted by atomic mass is 10.1. The van der Waals surface area contributed by atoms with Gasteiger partial charge in [0.15, 0.2) is 17.6 Å². The number of rotatable bonds is 8. The number of amides is 1. The van der Waals surface area contributed by atoms with E-state index in [0.29, 0.717) is 28.0 Å². The van der Waals surface area contributed by atoms with Gasteiger partial charge in [-0.2, -0.15) is 0 Å². The Morgan fingerprint density at radius 2 is 2.05 bits per heavy atom. The highest BCUT2D eigenvalue weighted by atomic mass is 35.5. The Labute approximate surface area is 248 Å². The number of hydrogen-bond acceptors (Lipinski definition) is 12. The molecular weight excluding hydrogens is 586 g/mol. The topological polar surface area (TPSA) is 147 Å². The summed E-state index contributed by atoms with van der Waals surface area (Å²) >= 11 is 7.88. The molecule has 0 spiro atoms. The molecule has 14 heteroatoms. The number of nitrogens with one attached hydrogen (secondary N) is 1. The van der Waals surface area contributed by atoms with Gasteiger partial charge in [-0.05, 0) is 37.3 Å². The molecule has 2 aromatic carbocycles. The Kier molecular flexibility index (Phi) is 7.78. The number of methoxy groups -OCH3 is 1. The molecule has 5 aromatic rings. The maximum atomic E-state index is 12.3. The molecule has 2 N–H and O–H groups in total. The predicted molar refractivity (Wildman–Crippen MR) is 156 cm³/mol. The van der Waals surface area contributed by atoms with Gasteiger partial charge in [-0.25, -0.2) is 19.7 Å². The lowest BCUT2D eigenvalue weighted by molar-refractivity contribution is 0.0383. The summed E-state index contributed by atoms with van der Waals surface area (Å²) in [5, 5.41) is 14.0. The summed E-state index contributed by atoms with van der Waals surface area (Å²) in [5.41, 5.74) is 2.63. The summed E-state index contributed by atoms with van der Waals surface area (Å²) in [6.45, 7) is 1.77. The Morgan fingerprint density at radius 3 is 2.83 bits per heavy atom. The number of aromatic nitrogens is 4. The van der Waals surface area contributed by atoms with Gasteiger partial charge in [0, 0.05) is 16.0 Å². The van der Waals surface area contributed by atoms with E-state index in [0.717, 1.165) is 31.7 Å². The Hall–Kier alpha value is -4.46. The fourth-order valence-corrected chi connectivity index (χ4v) is 5.51. The Balaban J connectivity index is 1.12. The summed E-state index contributed by atoms with van der Waals surface area (Å²) in [4.78, 5) is 29.6. The zero-order chi connectivity index (χ0) is 29.2. The molecule has 1 amide bonds. The minimum Gasteiger partial charge on any atom is -0.495 e. The summed E-state index contributed by atoms with van der Waals surface area (Å²) < 4.78 is 28.8. The van der Waals surface area contributed by atoms with Crippen molar-refractivity contribution in [2.24, 2.45) is 0 Å². The molecule has 3 aromatic heterocycles. The van der Waals surface area contributed by atoms with Crippen LogP contribution in [0.1, 0.15) is 6.92 Å². The maximum Gasteiger partial charge on any atom is 0.411 e. The van der Waals surface area contributed by atoms with Crippen molar-refractivity contribution in [2.45, 2.75) is 19.1 Å². The number of hydrogen-bond donors (Lipinski definition) is 2. The first kappa shape index (κ1) is 27.7. The van der Waals surface area contributed by atoms with Gasteiger partial charge in [0.2, 0.25) is 0 Å². The molecule has 12 nitrogen and oxygen atoms in total. The van der Waals surface area contributed by atoms with E-state index in [-0.39, 0.29) is 25.8 Å². The minimum absolute atomic E-state index is 0.0443. The molecule has 1 aliphatic heterocycles. The molecule has 0 saturated heterocycles. The second-order valence-corrected chi connectivity index (χ2v) is 10.8. The number of thiazole rings is 1. The molecular formula is C28H24ClN5O7S. The third kappa shape index (κ3) is 5.93. The number of ether oxygens (including phenoxy) is 5. The lowest BCUT2D eigenvalue weighted by Gasteiger charge is -2.26. The molecule has 6 rings (SSSR count). The molecule has 0 unspecified atom stereocenters. The third-order valence-corrected chi connectivity index (χ3v) is 7.42. The van der Waals surface area contributed by atoms with Gasteiger partial charge in [0.25, 0.3) is 0 Å². The number of nitrogens with zero attached hydrogens (tertiary/aromatic N) is 4. The van der Waals surface area contributed by atoms with E-state index in [9.17, 15) is 9.90 Å². The van der Waals surface area contributed by atoms with Crippen LogP contribution in [-0.2, 0) is 4.74 Å². The normalized spacial score (nSPS) is 14.9. The number of pyridine rings is 1. The van der Waals surface area contributed by atoms with Crippen LogP contribution >= 0.6 is 22.9 Å². The SMILES string of the molecule is COc1cnc2c(-c3nc4ccc5c(c4s3)OC[C@H](COC(=O)Nc3cnc(OC[C@@H](C)O)nc3)O5)cc(Cl)cc2c1. The van der Waals surface area contributed by atoms with E-state index >= 15 is 0 Å². The Bertz CT molecular complexity index is 1770. The first-order valence-electron chi connectivity index (χ1n) is 12.8. The quantitative estimate of drug-likeness (QED) is 0.242. The van der Waals surface area contributed by atoms with Crippen LogP contribution < -0.4 is 24.3 Å². The van der Waals surface area contributed by atoms with Gasteiger partial charge in [0.05, 0.1) is 48.5 Å². The number of aliphatic hydroxyl groups is 1. The fourth-order valence-electron chi connectivity index (χ4n) is 4.21. The van der Waals surface area contributed by atoms with E-state index < -0.39 is 18.3 Å². The minimum atomic E-state index is -0.701. The van der Waals surface area contributed by atoms with Crippen molar-refractivity contribution < 1.29 is 33.6 Å². The number of anilines is 1. The number of benzene rings is 2. The van der Waals surface area contributed by atoms with Crippen LogP contribution in [0.2, 0.25) is 5.02 Å². The van der Waals surface area contributed by atoms with Gasteiger partial charge in [-0.1, -0.05) is 11.6 Å². The smallest absolute Gasteiger partial charge is 0.411 e. The van der Waals surface area contributed by atoms with Gasteiger partial charge >= 0.3 is 12.1 Å². The second-order valence-electron chi connectivity index (χ2n) is 9.35.